The van der Waals surface area contributed by atoms with Crippen molar-refractivity contribution in [2.24, 2.45) is 0 Å². The van der Waals surface area contributed by atoms with Gasteiger partial charge in [-0.15, -0.1) is 11.3 Å². The summed E-state index contributed by atoms with van der Waals surface area (Å²) in [6, 6.07) is 7.43. The number of thiazole rings is 1. The summed E-state index contributed by atoms with van der Waals surface area (Å²) in [6.07, 6.45) is 3.50. The molecule has 0 aliphatic rings. The van der Waals surface area contributed by atoms with E-state index in [0.29, 0.717) is 5.82 Å². The molecule has 0 aromatic carbocycles. The zero-order chi connectivity index (χ0) is 16.9. The Morgan fingerprint density at radius 2 is 1.96 bits per heavy atom. The highest BCUT2D eigenvalue weighted by atomic mass is 32.1. The number of pyridine rings is 2. The lowest BCUT2D eigenvalue weighted by molar-refractivity contribution is 0.242. The molecular weight excluding hydrogens is 324 g/mol. The maximum atomic E-state index is 5.67. The van der Waals surface area contributed by atoms with Crippen LogP contribution in [0.3, 0.4) is 0 Å². The molecule has 3 aromatic rings. The standard InChI is InChI=1S/C17H18N4O2S/c1-11(2)23-12-6-7-18-16(8-12)21-17-20-15(10-24-17)14-5-4-13(22-3)9-19-14/h4-11H,1-3H3,(H,18,20,21). The summed E-state index contributed by atoms with van der Waals surface area (Å²) in [4.78, 5) is 13.2. The van der Waals surface area contributed by atoms with Crippen molar-refractivity contribution < 1.29 is 9.47 Å². The fraction of sp³-hybridized carbons (Fsp3) is 0.235. The topological polar surface area (TPSA) is 69.2 Å². The lowest BCUT2D eigenvalue weighted by atomic mass is 10.3. The smallest absolute Gasteiger partial charge is 0.188 e. The third-order valence-corrected chi connectivity index (χ3v) is 3.83. The van der Waals surface area contributed by atoms with Crippen molar-refractivity contribution in [2.75, 3.05) is 12.4 Å². The maximum Gasteiger partial charge on any atom is 0.188 e. The number of aromatic nitrogens is 3. The van der Waals surface area contributed by atoms with Gasteiger partial charge in [0.05, 0.1) is 25.1 Å². The van der Waals surface area contributed by atoms with Crippen molar-refractivity contribution in [3.63, 3.8) is 0 Å². The summed E-state index contributed by atoms with van der Waals surface area (Å²) in [5.41, 5.74) is 1.60. The molecule has 0 spiro atoms. The fourth-order valence-corrected chi connectivity index (χ4v) is 2.75. The van der Waals surface area contributed by atoms with E-state index in [-0.39, 0.29) is 6.10 Å². The van der Waals surface area contributed by atoms with E-state index in [4.69, 9.17) is 9.47 Å². The van der Waals surface area contributed by atoms with Crippen LogP contribution in [0.1, 0.15) is 13.8 Å². The molecule has 6 nitrogen and oxygen atoms in total. The molecule has 0 aliphatic carbocycles. The molecule has 124 valence electrons. The quantitative estimate of drug-likeness (QED) is 0.726. The number of nitrogens with zero attached hydrogens (tertiary/aromatic N) is 3. The summed E-state index contributed by atoms with van der Waals surface area (Å²) >= 11 is 1.49. The molecule has 0 saturated carbocycles. The van der Waals surface area contributed by atoms with Crippen LogP contribution in [0.15, 0.2) is 42.0 Å². The van der Waals surface area contributed by atoms with Crippen LogP contribution in [0.2, 0.25) is 0 Å². The van der Waals surface area contributed by atoms with Crippen LogP contribution in [-0.2, 0) is 0 Å². The van der Waals surface area contributed by atoms with E-state index >= 15 is 0 Å². The zero-order valence-corrected chi connectivity index (χ0v) is 14.5. The molecule has 0 aliphatic heterocycles. The average Bonchev–Trinajstić information content (AvgIpc) is 3.03. The van der Waals surface area contributed by atoms with Gasteiger partial charge in [-0.25, -0.2) is 9.97 Å². The normalized spacial score (nSPS) is 10.7. The first-order chi connectivity index (χ1) is 11.6. The molecule has 1 N–H and O–H groups in total. The summed E-state index contributed by atoms with van der Waals surface area (Å²) in [6.45, 7) is 3.98. The Balaban J connectivity index is 1.73. The molecule has 0 bridgehead atoms. The Morgan fingerprint density at radius 3 is 2.67 bits per heavy atom. The third kappa shape index (κ3) is 3.99. The Hall–Kier alpha value is -2.67. The van der Waals surface area contributed by atoms with Gasteiger partial charge in [0.25, 0.3) is 0 Å². The predicted molar refractivity (Wildman–Crippen MR) is 95.2 cm³/mol. The number of rotatable bonds is 6. The largest absolute Gasteiger partial charge is 0.495 e. The molecule has 3 aromatic heterocycles. The third-order valence-electron chi connectivity index (χ3n) is 3.08. The zero-order valence-electron chi connectivity index (χ0n) is 13.7. The van der Waals surface area contributed by atoms with E-state index in [2.05, 4.69) is 20.3 Å². The summed E-state index contributed by atoms with van der Waals surface area (Å²) in [7, 11) is 1.62. The van der Waals surface area contributed by atoms with Crippen LogP contribution in [0, 0.1) is 0 Å². The van der Waals surface area contributed by atoms with Crippen molar-refractivity contribution in [1.29, 1.82) is 0 Å². The molecule has 7 heteroatoms. The monoisotopic (exact) mass is 342 g/mol. The van der Waals surface area contributed by atoms with Crippen LogP contribution >= 0.6 is 11.3 Å². The van der Waals surface area contributed by atoms with Gasteiger partial charge in [-0.05, 0) is 32.0 Å². The Bertz CT molecular complexity index is 802. The van der Waals surface area contributed by atoms with Crippen LogP contribution in [0.4, 0.5) is 10.9 Å². The summed E-state index contributed by atoms with van der Waals surface area (Å²) < 4.78 is 10.8. The minimum atomic E-state index is 0.118. The van der Waals surface area contributed by atoms with Crippen molar-refractivity contribution in [2.45, 2.75) is 20.0 Å². The molecule has 0 unspecified atom stereocenters. The number of hydrogen-bond donors (Lipinski definition) is 1. The Kier molecular flexibility index (Phi) is 4.90. The van der Waals surface area contributed by atoms with E-state index in [1.807, 2.05) is 43.5 Å². The minimum Gasteiger partial charge on any atom is -0.495 e. The number of methoxy groups -OCH3 is 1. The fourth-order valence-electron chi connectivity index (χ4n) is 2.04. The molecule has 3 rings (SSSR count). The minimum absolute atomic E-state index is 0.118. The summed E-state index contributed by atoms with van der Waals surface area (Å²) in [5.74, 6) is 2.19. The van der Waals surface area contributed by atoms with Gasteiger partial charge in [0.1, 0.15) is 23.0 Å². The van der Waals surface area contributed by atoms with E-state index in [0.717, 1.165) is 28.0 Å². The van der Waals surface area contributed by atoms with Gasteiger partial charge >= 0.3 is 0 Å². The molecule has 24 heavy (non-hydrogen) atoms. The second-order valence-electron chi connectivity index (χ2n) is 5.29. The number of ether oxygens (including phenoxy) is 2. The Labute approximate surface area is 144 Å². The molecule has 0 radical (unpaired) electrons. The van der Waals surface area contributed by atoms with Crippen molar-refractivity contribution >= 4 is 22.3 Å². The van der Waals surface area contributed by atoms with Gasteiger partial charge in [0, 0.05) is 17.6 Å². The number of nitrogens with one attached hydrogen (secondary N) is 1. The van der Waals surface area contributed by atoms with E-state index in [9.17, 15) is 0 Å². The predicted octanol–water partition coefficient (Wildman–Crippen LogP) is 4.14. The number of anilines is 2. The highest BCUT2D eigenvalue weighted by Crippen LogP contribution is 2.27. The van der Waals surface area contributed by atoms with E-state index < -0.39 is 0 Å². The van der Waals surface area contributed by atoms with Crippen molar-refractivity contribution in [1.82, 2.24) is 15.0 Å². The van der Waals surface area contributed by atoms with Crippen LogP contribution < -0.4 is 14.8 Å². The molecule has 0 amide bonds. The SMILES string of the molecule is COc1ccc(-c2csc(Nc3cc(OC(C)C)ccn3)n2)nc1. The van der Waals surface area contributed by atoms with Crippen LogP contribution in [0.5, 0.6) is 11.5 Å². The lowest BCUT2D eigenvalue weighted by Crippen LogP contribution is -2.06. The second kappa shape index (κ2) is 7.27. The first-order valence-corrected chi connectivity index (χ1v) is 8.37. The maximum absolute atomic E-state index is 5.67. The molecule has 0 saturated heterocycles. The van der Waals surface area contributed by atoms with Gasteiger partial charge < -0.3 is 14.8 Å². The molecule has 0 atom stereocenters. The van der Waals surface area contributed by atoms with Crippen molar-refractivity contribution in [3.8, 4) is 22.9 Å². The van der Waals surface area contributed by atoms with Crippen LogP contribution in [0.25, 0.3) is 11.4 Å². The van der Waals surface area contributed by atoms with Gasteiger partial charge in [-0.1, -0.05) is 0 Å². The number of hydrogen-bond acceptors (Lipinski definition) is 7. The Morgan fingerprint density at radius 1 is 1.08 bits per heavy atom. The summed E-state index contributed by atoms with van der Waals surface area (Å²) in [5, 5.41) is 5.89. The molecule has 3 heterocycles. The van der Waals surface area contributed by atoms with E-state index in [1.54, 1.807) is 19.5 Å². The van der Waals surface area contributed by atoms with Gasteiger partial charge in [0.15, 0.2) is 5.13 Å². The van der Waals surface area contributed by atoms with Crippen molar-refractivity contribution in [3.05, 3.63) is 42.0 Å². The highest BCUT2D eigenvalue weighted by Gasteiger charge is 2.08. The van der Waals surface area contributed by atoms with Gasteiger partial charge in [-0.3, -0.25) is 4.98 Å². The lowest BCUT2D eigenvalue weighted by Gasteiger charge is -2.10. The molecule has 0 fully saturated rings. The van der Waals surface area contributed by atoms with Gasteiger partial charge in [0.2, 0.25) is 0 Å². The average molecular weight is 342 g/mol. The van der Waals surface area contributed by atoms with Crippen LogP contribution in [-0.4, -0.2) is 28.2 Å². The molecular formula is C17H18N4O2S. The highest BCUT2D eigenvalue weighted by molar-refractivity contribution is 7.14. The van der Waals surface area contributed by atoms with Gasteiger partial charge in [-0.2, -0.15) is 0 Å². The first kappa shape index (κ1) is 16.2. The first-order valence-electron chi connectivity index (χ1n) is 7.49. The second-order valence-corrected chi connectivity index (χ2v) is 6.15. The van der Waals surface area contributed by atoms with E-state index in [1.165, 1.54) is 11.3 Å².